The van der Waals surface area contributed by atoms with Gasteiger partial charge in [-0.15, -0.1) is 0 Å². The molecule has 0 saturated carbocycles. The first-order chi connectivity index (χ1) is 16.1. The van der Waals surface area contributed by atoms with Crippen molar-refractivity contribution in [2.75, 3.05) is 23.8 Å². The summed E-state index contributed by atoms with van der Waals surface area (Å²) < 4.78 is 0. The normalized spacial score (nSPS) is 11.8. The number of aliphatic hydroxyl groups excluding tert-OH is 1. The van der Waals surface area contributed by atoms with Crippen molar-refractivity contribution in [2.45, 2.75) is 26.3 Å². The first-order valence-corrected chi connectivity index (χ1v) is 10.8. The molecule has 0 radical (unpaired) electrons. The summed E-state index contributed by atoms with van der Waals surface area (Å²) in [7, 11) is 0. The lowest BCUT2D eigenvalue weighted by Crippen LogP contribution is -2.28. The summed E-state index contributed by atoms with van der Waals surface area (Å²) in [6.07, 6.45) is 5.92. The molecule has 3 aromatic heterocycles. The van der Waals surface area contributed by atoms with Gasteiger partial charge in [0.05, 0.1) is 23.7 Å². The molecule has 0 unspecified atom stereocenters. The van der Waals surface area contributed by atoms with Gasteiger partial charge in [0.1, 0.15) is 5.82 Å². The number of nitrogens with zero attached hydrogens (tertiary/aromatic N) is 4. The van der Waals surface area contributed by atoms with Gasteiger partial charge in [-0.1, -0.05) is 6.92 Å². The molecule has 2 amide bonds. The number of aromatic amines is 1. The van der Waals surface area contributed by atoms with Gasteiger partial charge in [0.25, 0.3) is 0 Å². The summed E-state index contributed by atoms with van der Waals surface area (Å²) in [4.78, 5) is 32.9. The molecule has 0 aliphatic heterocycles. The van der Waals surface area contributed by atoms with E-state index in [1.54, 1.807) is 24.7 Å². The van der Waals surface area contributed by atoms with Gasteiger partial charge in [-0.3, -0.25) is 5.32 Å². The Labute approximate surface area is 190 Å². The number of urea groups is 1. The number of nitrogens with one attached hydrogen (secondary N) is 4. The van der Waals surface area contributed by atoms with Crippen LogP contribution in [-0.4, -0.2) is 55.3 Å². The molecule has 0 bridgehead atoms. The Morgan fingerprint density at radius 3 is 2.61 bits per heavy atom. The number of aliphatic hydroxyl groups is 1. The maximum atomic E-state index is 11.9. The van der Waals surface area contributed by atoms with Crippen LogP contribution in [0, 0.1) is 0 Å². The van der Waals surface area contributed by atoms with Crippen molar-refractivity contribution in [3.8, 4) is 22.5 Å². The minimum atomic E-state index is -0.338. The first-order valence-electron chi connectivity index (χ1n) is 10.8. The molecule has 0 spiro atoms. The highest BCUT2D eigenvalue weighted by Gasteiger charge is 2.15. The number of imidazole rings is 1. The third kappa shape index (κ3) is 5.07. The largest absolute Gasteiger partial charge is 0.394 e. The molecule has 33 heavy (non-hydrogen) atoms. The Morgan fingerprint density at radius 2 is 1.94 bits per heavy atom. The summed E-state index contributed by atoms with van der Waals surface area (Å²) in [6.45, 7) is 4.40. The lowest BCUT2D eigenvalue weighted by Gasteiger charge is -2.14. The van der Waals surface area contributed by atoms with E-state index >= 15 is 0 Å². The Morgan fingerprint density at radius 1 is 1.12 bits per heavy atom. The number of hydrogen-bond acceptors (Lipinski definition) is 7. The fraction of sp³-hybridized carbons (Fsp3) is 0.261. The molecule has 170 valence electrons. The second kappa shape index (κ2) is 10.0. The number of rotatable bonds is 8. The van der Waals surface area contributed by atoms with Crippen molar-refractivity contribution in [1.29, 1.82) is 0 Å². The van der Waals surface area contributed by atoms with Crippen molar-refractivity contribution in [3.63, 3.8) is 0 Å². The number of benzene rings is 1. The molecule has 0 fully saturated rings. The molecule has 0 aliphatic carbocycles. The van der Waals surface area contributed by atoms with Gasteiger partial charge in [-0.2, -0.15) is 0 Å². The molecule has 1 atom stereocenters. The third-order valence-corrected chi connectivity index (χ3v) is 5.13. The number of aromatic nitrogens is 5. The smallest absolute Gasteiger partial charge is 0.321 e. The van der Waals surface area contributed by atoms with Crippen LogP contribution in [0.25, 0.3) is 33.5 Å². The lowest BCUT2D eigenvalue weighted by molar-refractivity contribution is 0.252. The SMILES string of the molecule is CCNC(=O)Nc1nc2cc(-c3ccc(N[C@H](CC)CO)nc3)cc(-c3ncccn3)c2[nH]1. The molecular formula is C23H26N8O2. The molecule has 10 nitrogen and oxygen atoms in total. The molecule has 10 heteroatoms. The standard InChI is InChI=1S/C23H26N8O2/c1-3-16(13-32)28-19-7-6-14(12-27-19)15-10-17(21-25-8-5-9-26-21)20-18(11-15)29-22(30-20)31-23(33)24-4-2/h5-12,16,32H,3-4,13H2,1-2H3,(H,27,28)(H3,24,29,30,31,33)/t16-/m1/s1. The summed E-state index contributed by atoms with van der Waals surface area (Å²) in [5.74, 6) is 1.57. The Hall–Kier alpha value is -4.05. The van der Waals surface area contributed by atoms with Gasteiger partial charge in [0.2, 0.25) is 5.95 Å². The summed E-state index contributed by atoms with van der Waals surface area (Å²) in [6, 6.07) is 9.11. The monoisotopic (exact) mass is 446 g/mol. The van der Waals surface area contributed by atoms with Gasteiger partial charge < -0.3 is 20.7 Å². The van der Waals surface area contributed by atoms with Crippen LogP contribution >= 0.6 is 0 Å². The number of pyridine rings is 1. The fourth-order valence-electron chi connectivity index (χ4n) is 3.40. The number of anilines is 2. The van der Waals surface area contributed by atoms with Gasteiger partial charge in [-0.05, 0) is 49.2 Å². The van der Waals surface area contributed by atoms with Gasteiger partial charge in [-0.25, -0.2) is 24.7 Å². The average Bonchev–Trinajstić information content (AvgIpc) is 3.25. The van der Waals surface area contributed by atoms with Gasteiger partial charge in [0.15, 0.2) is 5.82 Å². The number of hydrogen-bond donors (Lipinski definition) is 5. The second-order valence-electron chi connectivity index (χ2n) is 7.42. The molecule has 1 aromatic carbocycles. The maximum Gasteiger partial charge on any atom is 0.321 e. The quantitative estimate of drug-likeness (QED) is 0.279. The van der Waals surface area contributed by atoms with Crippen LogP contribution in [0.1, 0.15) is 20.3 Å². The predicted octanol–water partition coefficient (Wildman–Crippen LogP) is 3.41. The molecule has 3 heterocycles. The fourth-order valence-corrected chi connectivity index (χ4v) is 3.40. The molecule has 5 N–H and O–H groups in total. The van der Waals surface area contributed by atoms with Gasteiger partial charge >= 0.3 is 6.03 Å². The zero-order valence-corrected chi connectivity index (χ0v) is 18.5. The minimum Gasteiger partial charge on any atom is -0.394 e. The predicted molar refractivity (Wildman–Crippen MR) is 128 cm³/mol. The van der Waals surface area contributed by atoms with Gasteiger partial charge in [0, 0.05) is 36.3 Å². The number of amides is 2. The zero-order chi connectivity index (χ0) is 23.2. The second-order valence-corrected chi connectivity index (χ2v) is 7.42. The molecule has 4 aromatic rings. The zero-order valence-electron chi connectivity index (χ0n) is 18.5. The summed E-state index contributed by atoms with van der Waals surface area (Å²) in [5, 5.41) is 18.0. The number of H-pyrrole nitrogens is 1. The van der Waals surface area contributed by atoms with Crippen molar-refractivity contribution in [2.24, 2.45) is 0 Å². The highest BCUT2D eigenvalue weighted by atomic mass is 16.3. The van der Waals surface area contributed by atoms with Crippen molar-refractivity contribution in [1.82, 2.24) is 30.2 Å². The topological polar surface area (TPSA) is 141 Å². The molecule has 0 aliphatic rings. The van der Waals surface area contributed by atoms with Crippen molar-refractivity contribution >= 4 is 28.8 Å². The summed E-state index contributed by atoms with van der Waals surface area (Å²) in [5.41, 5.74) is 3.91. The maximum absolute atomic E-state index is 11.9. The van der Waals surface area contributed by atoms with Crippen LogP contribution in [0.5, 0.6) is 0 Å². The van der Waals surface area contributed by atoms with E-state index in [4.69, 9.17) is 0 Å². The summed E-state index contributed by atoms with van der Waals surface area (Å²) >= 11 is 0. The van der Waals surface area contributed by atoms with E-state index in [1.165, 1.54) is 0 Å². The highest BCUT2D eigenvalue weighted by molar-refractivity contribution is 5.97. The number of fused-ring (bicyclic) bond motifs is 1. The van der Waals surface area contributed by atoms with Crippen LogP contribution in [0.2, 0.25) is 0 Å². The van der Waals surface area contributed by atoms with Crippen LogP contribution in [-0.2, 0) is 0 Å². The van der Waals surface area contributed by atoms with E-state index in [0.717, 1.165) is 28.6 Å². The first kappa shape index (κ1) is 22.2. The molecule has 0 saturated heterocycles. The van der Waals surface area contributed by atoms with E-state index in [-0.39, 0.29) is 18.7 Å². The average molecular weight is 447 g/mol. The molecular weight excluding hydrogens is 420 g/mol. The third-order valence-electron chi connectivity index (χ3n) is 5.13. The van der Waals surface area contributed by atoms with Crippen LogP contribution < -0.4 is 16.0 Å². The van der Waals surface area contributed by atoms with Crippen LogP contribution in [0.15, 0.2) is 48.9 Å². The van der Waals surface area contributed by atoms with E-state index in [0.29, 0.717) is 29.7 Å². The van der Waals surface area contributed by atoms with Crippen LogP contribution in [0.4, 0.5) is 16.6 Å². The van der Waals surface area contributed by atoms with E-state index in [1.807, 2.05) is 38.1 Å². The Kier molecular flexibility index (Phi) is 6.75. The van der Waals surface area contributed by atoms with E-state index in [2.05, 4.69) is 40.9 Å². The van der Waals surface area contributed by atoms with Crippen molar-refractivity contribution < 1.29 is 9.90 Å². The van der Waals surface area contributed by atoms with E-state index in [9.17, 15) is 9.90 Å². The molecule has 4 rings (SSSR count). The van der Waals surface area contributed by atoms with Crippen molar-refractivity contribution in [3.05, 3.63) is 48.9 Å². The Bertz CT molecular complexity index is 1220. The lowest BCUT2D eigenvalue weighted by atomic mass is 10.0. The number of carbonyl (C=O) groups is 1. The van der Waals surface area contributed by atoms with E-state index < -0.39 is 0 Å². The minimum absolute atomic E-state index is 0.0404. The number of carbonyl (C=O) groups excluding carboxylic acids is 1. The Balaban J connectivity index is 1.73. The highest BCUT2D eigenvalue weighted by Crippen LogP contribution is 2.32. The van der Waals surface area contributed by atoms with Crippen LogP contribution in [0.3, 0.4) is 0 Å².